The second-order valence-corrected chi connectivity index (χ2v) is 4.99. The molecule has 2 heterocycles. The van der Waals surface area contributed by atoms with Crippen molar-refractivity contribution in [1.82, 2.24) is 19.7 Å². The first-order valence-corrected chi connectivity index (χ1v) is 6.65. The van der Waals surface area contributed by atoms with Crippen LogP contribution in [0, 0.1) is 12.7 Å². The number of fused-ring (bicyclic) bond motifs is 1. The minimum absolute atomic E-state index is 0.145. The van der Waals surface area contributed by atoms with Crippen LogP contribution < -0.4 is 4.74 Å². The van der Waals surface area contributed by atoms with Crippen LogP contribution in [0.15, 0.2) is 24.4 Å². The Balaban J connectivity index is 1.84. The Morgan fingerprint density at radius 1 is 1.33 bits per heavy atom. The van der Waals surface area contributed by atoms with Gasteiger partial charge in [-0.2, -0.15) is 5.10 Å². The molecule has 3 rings (SSSR count). The lowest BCUT2D eigenvalue weighted by molar-refractivity contribution is 0.295. The Morgan fingerprint density at radius 2 is 2.14 bits per heavy atom. The lowest BCUT2D eigenvalue weighted by Gasteiger charge is -2.07. The van der Waals surface area contributed by atoms with Crippen molar-refractivity contribution in [3.63, 3.8) is 0 Å². The Kier molecular flexibility index (Phi) is 3.47. The quantitative estimate of drug-likeness (QED) is 0.698. The molecular weight excluding hydrogens is 295 g/mol. The lowest BCUT2D eigenvalue weighted by Crippen LogP contribution is -2.04. The zero-order valence-electron chi connectivity index (χ0n) is 11.5. The number of hydrogen-bond acceptors (Lipinski definition) is 4. The number of ether oxygens (including phenoxy) is 1. The molecule has 0 radical (unpaired) electrons. The molecule has 0 spiro atoms. The summed E-state index contributed by atoms with van der Waals surface area (Å²) in [5.41, 5.74) is 1.16. The van der Waals surface area contributed by atoms with Gasteiger partial charge in [0, 0.05) is 7.05 Å². The predicted molar refractivity (Wildman–Crippen MR) is 76.8 cm³/mol. The van der Waals surface area contributed by atoms with Crippen molar-refractivity contribution in [3.05, 3.63) is 46.8 Å². The van der Waals surface area contributed by atoms with Crippen LogP contribution in [0.1, 0.15) is 11.4 Å². The molecule has 0 aliphatic rings. The maximum Gasteiger partial charge on any atom is 0.170 e. The summed E-state index contributed by atoms with van der Waals surface area (Å²) in [5.74, 6) is 0.731. The number of nitrogens with zero attached hydrogens (tertiary/aromatic N) is 4. The normalized spacial score (nSPS) is 11.0. The van der Waals surface area contributed by atoms with E-state index in [-0.39, 0.29) is 12.4 Å². The molecule has 21 heavy (non-hydrogen) atoms. The molecule has 0 atom stereocenters. The molecule has 0 fully saturated rings. The van der Waals surface area contributed by atoms with Crippen LogP contribution >= 0.6 is 11.6 Å². The summed E-state index contributed by atoms with van der Waals surface area (Å²) in [6.45, 7) is 1.82. The van der Waals surface area contributed by atoms with Crippen molar-refractivity contribution in [2.24, 2.45) is 7.05 Å². The van der Waals surface area contributed by atoms with Gasteiger partial charge in [-0.05, 0) is 30.7 Å². The van der Waals surface area contributed by atoms with E-state index in [1.165, 1.54) is 6.07 Å². The first kappa shape index (κ1) is 13.8. The van der Waals surface area contributed by atoms with Gasteiger partial charge in [0.25, 0.3) is 0 Å². The van der Waals surface area contributed by atoms with Crippen LogP contribution in [0.25, 0.3) is 11.0 Å². The Bertz CT molecular complexity index is 818. The molecule has 0 saturated heterocycles. The molecule has 0 bridgehead atoms. The fourth-order valence-electron chi connectivity index (χ4n) is 1.95. The summed E-state index contributed by atoms with van der Waals surface area (Å²) in [6, 6.07) is 4.55. The highest BCUT2D eigenvalue weighted by molar-refractivity contribution is 6.33. The van der Waals surface area contributed by atoms with E-state index < -0.39 is 0 Å². The smallest absolute Gasteiger partial charge is 0.170 e. The molecule has 1 aromatic carbocycles. The van der Waals surface area contributed by atoms with Gasteiger partial charge in [-0.25, -0.2) is 14.4 Å². The highest BCUT2D eigenvalue weighted by Gasteiger charge is 2.10. The van der Waals surface area contributed by atoms with Gasteiger partial charge in [-0.1, -0.05) is 11.6 Å². The van der Waals surface area contributed by atoms with Crippen LogP contribution in [0.3, 0.4) is 0 Å². The molecule has 108 valence electrons. The molecular formula is C14H12ClFN4O. The maximum absolute atomic E-state index is 13.2. The largest absolute Gasteiger partial charge is 0.486 e. The van der Waals surface area contributed by atoms with E-state index in [4.69, 9.17) is 16.3 Å². The fraction of sp³-hybridized carbons (Fsp3) is 0.214. The molecule has 0 amide bonds. The van der Waals surface area contributed by atoms with E-state index in [0.717, 1.165) is 0 Å². The monoisotopic (exact) mass is 306 g/mol. The van der Waals surface area contributed by atoms with Crippen molar-refractivity contribution >= 4 is 22.6 Å². The minimum Gasteiger partial charge on any atom is -0.486 e. The lowest BCUT2D eigenvalue weighted by atomic mass is 10.2. The predicted octanol–water partition coefficient (Wildman–Crippen LogP) is 3.04. The van der Waals surface area contributed by atoms with E-state index in [2.05, 4.69) is 15.1 Å². The van der Waals surface area contributed by atoms with Crippen LogP contribution in [0.4, 0.5) is 4.39 Å². The van der Waals surface area contributed by atoms with Gasteiger partial charge in [0.15, 0.2) is 11.5 Å². The summed E-state index contributed by atoms with van der Waals surface area (Å²) in [5, 5.41) is 5.11. The number of halogens is 2. The third-order valence-electron chi connectivity index (χ3n) is 3.09. The third-order valence-corrected chi connectivity index (χ3v) is 3.38. The molecule has 3 aromatic rings. The number of aryl methyl sites for hydroxylation is 2. The fourth-order valence-corrected chi connectivity index (χ4v) is 2.18. The average Bonchev–Trinajstić information content (AvgIpc) is 2.83. The number of hydrogen-bond donors (Lipinski definition) is 0. The van der Waals surface area contributed by atoms with Crippen LogP contribution in [-0.2, 0) is 13.7 Å². The van der Waals surface area contributed by atoms with E-state index in [1.807, 2.05) is 0 Å². The summed E-state index contributed by atoms with van der Waals surface area (Å²) < 4.78 is 20.4. The first-order valence-electron chi connectivity index (χ1n) is 6.27. The molecule has 0 aliphatic carbocycles. The van der Waals surface area contributed by atoms with Crippen molar-refractivity contribution in [2.45, 2.75) is 13.5 Å². The van der Waals surface area contributed by atoms with Gasteiger partial charge in [-0.15, -0.1) is 0 Å². The average molecular weight is 307 g/mol. The number of rotatable bonds is 3. The van der Waals surface area contributed by atoms with Gasteiger partial charge in [0.05, 0.1) is 11.6 Å². The molecule has 0 N–H and O–H groups in total. The Morgan fingerprint density at radius 3 is 2.90 bits per heavy atom. The van der Waals surface area contributed by atoms with Crippen molar-refractivity contribution in [2.75, 3.05) is 0 Å². The molecule has 0 saturated carbocycles. The summed E-state index contributed by atoms with van der Waals surface area (Å²) in [6.07, 6.45) is 1.62. The van der Waals surface area contributed by atoms with Crippen LogP contribution in [-0.4, -0.2) is 19.7 Å². The highest BCUT2D eigenvalue weighted by Crippen LogP contribution is 2.21. The third kappa shape index (κ3) is 2.67. The van der Waals surface area contributed by atoms with Crippen molar-refractivity contribution < 1.29 is 9.13 Å². The van der Waals surface area contributed by atoms with Gasteiger partial charge >= 0.3 is 0 Å². The van der Waals surface area contributed by atoms with Gasteiger partial charge < -0.3 is 4.74 Å². The van der Waals surface area contributed by atoms with E-state index in [0.29, 0.717) is 33.3 Å². The van der Waals surface area contributed by atoms with Crippen LogP contribution in [0.2, 0.25) is 5.15 Å². The van der Waals surface area contributed by atoms with E-state index in [1.54, 1.807) is 37.0 Å². The van der Waals surface area contributed by atoms with Crippen LogP contribution in [0.5, 0.6) is 5.75 Å². The van der Waals surface area contributed by atoms with Crippen molar-refractivity contribution in [3.8, 4) is 5.75 Å². The van der Waals surface area contributed by atoms with Gasteiger partial charge in [0.2, 0.25) is 0 Å². The summed E-state index contributed by atoms with van der Waals surface area (Å²) in [4.78, 5) is 8.53. The zero-order valence-corrected chi connectivity index (χ0v) is 12.2. The molecule has 7 heteroatoms. The second kappa shape index (κ2) is 5.29. The van der Waals surface area contributed by atoms with Crippen molar-refractivity contribution in [1.29, 1.82) is 0 Å². The summed E-state index contributed by atoms with van der Waals surface area (Å²) in [7, 11) is 1.78. The SMILES string of the molecule is Cc1cc(OCc2nc(Cl)c3cnn(C)c3n2)ccc1F. The molecule has 5 nitrogen and oxygen atoms in total. The molecule has 0 unspecified atom stereocenters. The summed E-state index contributed by atoms with van der Waals surface area (Å²) >= 11 is 6.09. The second-order valence-electron chi connectivity index (χ2n) is 4.64. The molecule has 0 aliphatic heterocycles. The Hall–Kier alpha value is -2.21. The molecule has 2 aromatic heterocycles. The first-order chi connectivity index (χ1) is 10.0. The topological polar surface area (TPSA) is 52.8 Å². The minimum atomic E-state index is -0.266. The Labute approximate surface area is 125 Å². The van der Waals surface area contributed by atoms with Gasteiger partial charge in [-0.3, -0.25) is 4.68 Å². The maximum atomic E-state index is 13.2. The number of aromatic nitrogens is 4. The van der Waals surface area contributed by atoms with E-state index >= 15 is 0 Å². The standard InChI is InChI=1S/C14H12ClFN4O/c1-8-5-9(3-4-11(8)16)21-7-12-18-13(15)10-6-17-20(2)14(10)19-12/h3-6H,7H2,1-2H3. The highest BCUT2D eigenvalue weighted by atomic mass is 35.5. The number of benzene rings is 1. The zero-order chi connectivity index (χ0) is 15.0. The van der Waals surface area contributed by atoms with Gasteiger partial charge in [0.1, 0.15) is 23.3 Å². The van der Waals surface area contributed by atoms with E-state index in [9.17, 15) is 4.39 Å².